The second-order valence-corrected chi connectivity index (χ2v) is 10.5. The van der Waals surface area contributed by atoms with Gasteiger partial charge in [-0.05, 0) is 36.2 Å². The lowest BCUT2D eigenvalue weighted by molar-refractivity contribution is 0.0876. The van der Waals surface area contributed by atoms with Crippen LogP contribution in [0.1, 0.15) is 33.1 Å². The molecular weight excluding hydrogens is 510 g/mol. The molecule has 5 aromatic rings. The number of fused-ring (bicyclic) bond motifs is 1. The molecule has 7 nitrogen and oxygen atoms in total. The maximum absolute atomic E-state index is 12.6. The summed E-state index contributed by atoms with van der Waals surface area (Å²) in [5, 5.41) is 20.2. The zero-order valence-corrected chi connectivity index (χ0v) is 23.1. The van der Waals surface area contributed by atoms with Crippen molar-refractivity contribution in [2.24, 2.45) is 10.2 Å². The molecule has 1 fully saturated rings. The van der Waals surface area contributed by atoms with Gasteiger partial charge in [0.15, 0.2) is 5.69 Å². The van der Waals surface area contributed by atoms with Crippen LogP contribution < -0.4 is 0 Å². The zero-order valence-electron chi connectivity index (χ0n) is 23.1. The Labute approximate surface area is 240 Å². The highest BCUT2D eigenvalue weighted by Crippen LogP contribution is 2.39. The average Bonchev–Trinajstić information content (AvgIpc) is 3.28. The summed E-state index contributed by atoms with van der Waals surface area (Å²) in [7, 11) is 0. The van der Waals surface area contributed by atoms with E-state index in [1.54, 1.807) is 12.1 Å². The Morgan fingerprint density at radius 2 is 1.37 bits per heavy atom. The Hall–Kier alpha value is -4.59. The molecule has 0 radical (unpaired) electrons. The van der Waals surface area contributed by atoms with Crippen LogP contribution in [0, 0.1) is 6.92 Å². The number of aromatic nitrogens is 1. The molecule has 0 aliphatic carbocycles. The van der Waals surface area contributed by atoms with Crippen LogP contribution in [0.4, 0.5) is 5.69 Å². The van der Waals surface area contributed by atoms with Crippen molar-refractivity contribution in [1.82, 2.24) is 14.4 Å². The van der Waals surface area contributed by atoms with E-state index in [-0.39, 0.29) is 11.9 Å². The van der Waals surface area contributed by atoms with Gasteiger partial charge in [-0.2, -0.15) is 0 Å². The molecule has 0 unspecified atom stereocenters. The Kier molecular flexibility index (Phi) is 7.71. The number of piperazine rings is 1. The molecular formula is C34H33N5O2. The van der Waals surface area contributed by atoms with Gasteiger partial charge in [0.05, 0.1) is 18.2 Å². The minimum absolute atomic E-state index is 0.0144. The fourth-order valence-corrected chi connectivity index (χ4v) is 5.61. The first-order valence-electron chi connectivity index (χ1n) is 14.0. The van der Waals surface area contributed by atoms with Gasteiger partial charge in [-0.15, -0.1) is 10.2 Å². The highest BCUT2D eigenvalue weighted by atomic mass is 16.3. The molecule has 1 saturated heterocycles. The summed E-state index contributed by atoms with van der Waals surface area (Å²) in [4.78, 5) is 17.5. The van der Waals surface area contributed by atoms with Crippen LogP contribution >= 0.6 is 0 Å². The summed E-state index contributed by atoms with van der Waals surface area (Å²) in [5.74, 6) is -0.427. The number of hydrogen-bond acceptors (Lipinski definition) is 5. The fourth-order valence-electron chi connectivity index (χ4n) is 5.61. The van der Waals surface area contributed by atoms with Crippen LogP contribution in [0.5, 0.6) is 5.88 Å². The number of azo groups is 1. The van der Waals surface area contributed by atoms with Crippen LogP contribution in [0.2, 0.25) is 0 Å². The minimum atomic E-state index is -0.441. The summed E-state index contributed by atoms with van der Waals surface area (Å²) in [6.45, 7) is 5.98. The smallest absolute Gasteiger partial charge is 0.295 e. The van der Waals surface area contributed by atoms with Crippen molar-refractivity contribution in [2.45, 2.75) is 19.6 Å². The predicted molar refractivity (Wildman–Crippen MR) is 162 cm³/mol. The van der Waals surface area contributed by atoms with Crippen LogP contribution in [-0.4, -0.2) is 51.6 Å². The van der Waals surface area contributed by atoms with Crippen LogP contribution in [0.15, 0.2) is 119 Å². The molecule has 4 aromatic carbocycles. The van der Waals surface area contributed by atoms with Gasteiger partial charge in [-0.25, -0.2) is 0 Å². The van der Waals surface area contributed by atoms with E-state index < -0.39 is 5.91 Å². The quantitative estimate of drug-likeness (QED) is 0.226. The van der Waals surface area contributed by atoms with Crippen molar-refractivity contribution in [2.75, 3.05) is 26.2 Å². The van der Waals surface area contributed by atoms with E-state index in [0.29, 0.717) is 17.9 Å². The maximum atomic E-state index is 12.6. The van der Waals surface area contributed by atoms with E-state index >= 15 is 0 Å². The monoisotopic (exact) mass is 543 g/mol. The number of aryl methyl sites for hydroxylation is 1. The third-order valence-electron chi connectivity index (χ3n) is 7.80. The lowest BCUT2D eigenvalue weighted by Gasteiger charge is -2.40. The summed E-state index contributed by atoms with van der Waals surface area (Å²) in [6, 6.07) is 36.4. The van der Waals surface area contributed by atoms with Crippen LogP contribution in [0.3, 0.4) is 0 Å². The molecule has 6 rings (SSSR count). The summed E-state index contributed by atoms with van der Waals surface area (Å²) >= 11 is 0. The molecule has 7 heteroatoms. The molecule has 41 heavy (non-hydrogen) atoms. The Balaban J connectivity index is 1.20. The zero-order chi connectivity index (χ0) is 28.2. The van der Waals surface area contributed by atoms with Crippen molar-refractivity contribution in [1.29, 1.82) is 0 Å². The Morgan fingerprint density at radius 3 is 2.00 bits per heavy atom. The normalized spacial score (nSPS) is 14.8. The fraction of sp³-hybridized carbons (Fsp3) is 0.206. The molecule has 1 aliphatic heterocycles. The first-order chi connectivity index (χ1) is 20.1. The molecule has 1 N–H and O–H groups in total. The number of nitrogens with zero attached hydrogens (tertiary/aromatic N) is 5. The Bertz CT molecular complexity index is 1620. The van der Waals surface area contributed by atoms with Crippen molar-refractivity contribution in [3.8, 4) is 5.88 Å². The standard InChI is InChI=1S/C34H33N5O2/c1-25-16-18-28(19-17-25)33(40)36-35-31-29-14-8-9-15-30(29)39(34(31)41)24-37-20-22-38(23-21-37)32(26-10-4-2-5-11-26)27-12-6-3-7-13-27/h2-19,32,41H,20-24H2,1H3. The maximum Gasteiger partial charge on any atom is 0.295 e. The van der Waals surface area contributed by atoms with Crippen molar-refractivity contribution in [3.05, 3.63) is 131 Å². The lowest BCUT2D eigenvalue weighted by Crippen LogP contribution is -2.48. The first-order valence-corrected chi connectivity index (χ1v) is 14.0. The second-order valence-electron chi connectivity index (χ2n) is 10.5. The number of aromatic hydroxyl groups is 1. The van der Waals surface area contributed by atoms with Crippen LogP contribution in [-0.2, 0) is 6.67 Å². The van der Waals surface area contributed by atoms with Crippen LogP contribution in [0.25, 0.3) is 10.9 Å². The predicted octanol–water partition coefficient (Wildman–Crippen LogP) is 6.94. The number of amides is 1. The molecule has 0 saturated carbocycles. The molecule has 0 atom stereocenters. The number of carbonyl (C=O) groups excluding carboxylic acids is 1. The number of hydrogen-bond donors (Lipinski definition) is 1. The first kappa shape index (κ1) is 26.6. The van der Waals surface area contributed by atoms with E-state index in [9.17, 15) is 9.90 Å². The Morgan fingerprint density at radius 1 is 0.780 bits per heavy atom. The average molecular weight is 544 g/mol. The van der Waals surface area contributed by atoms with E-state index in [1.165, 1.54) is 11.1 Å². The van der Waals surface area contributed by atoms with Gasteiger partial charge in [0.2, 0.25) is 5.88 Å². The third-order valence-corrected chi connectivity index (χ3v) is 7.80. The summed E-state index contributed by atoms with van der Waals surface area (Å²) in [5.41, 5.74) is 5.27. The van der Waals surface area contributed by atoms with E-state index in [2.05, 4.69) is 80.7 Å². The van der Waals surface area contributed by atoms with E-state index in [4.69, 9.17) is 0 Å². The summed E-state index contributed by atoms with van der Waals surface area (Å²) < 4.78 is 1.86. The van der Waals surface area contributed by atoms with Crippen molar-refractivity contribution >= 4 is 22.5 Å². The summed E-state index contributed by atoms with van der Waals surface area (Å²) in [6.07, 6.45) is 0. The number of para-hydroxylation sites is 1. The molecule has 0 spiro atoms. The SMILES string of the molecule is Cc1ccc(C(=O)N=Nc2c(O)n(CN3CCN(C(c4ccccc4)c4ccccc4)CC3)c3ccccc23)cc1. The molecule has 1 aromatic heterocycles. The van der Waals surface area contributed by atoms with Crippen molar-refractivity contribution < 1.29 is 9.90 Å². The molecule has 2 heterocycles. The van der Waals surface area contributed by atoms with E-state index in [0.717, 1.165) is 42.6 Å². The van der Waals surface area contributed by atoms with Gasteiger partial charge in [-0.1, -0.05) is 96.6 Å². The molecule has 0 bridgehead atoms. The lowest BCUT2D eigenvalue weighted by atomic mass is 9.96. The number of rotatable bonds is 7. The van der Waals surface area contributed by atoms with Crippen molar-refractivity contribution in [3.63, 3.8) is 0 Å². The van der Waals surface area contributed by atoms with Gasteiger partial charge in [0.1, 0.15) is 0 Å². The minimum Gasteiger partial charge on any atom is -0.493 e. The number of carbonyl (C=O) groups is 1. The molecule has 206 valence electrons. The number of benzene rings is 4. The molecule has 1 amide bonds. The van der Waals surface area contributed by atoms with Gasteiger partial charge < -0.3 is 5.11 Å². The largest absolute Gasteiger partial charge is 0.493 e. The van der Waals surface area contributed by atoms with Gasteiger partial charge >= 0.3 is 0 Å². The second kappa shape index (κ2) is 11.9. The highest BCUT2D eigenvalue weighted by Gasteiger charge is 2.27. The molecule has 1 aliphatic rings. The van der Waals surface area contributed by atoms with Gasteiger partial charge in [-0.3, -0.25) is 19.2 Å². The highest BCUT2D eigenvalue weighted by molar-refractivity contribution is 5.97. The van der Waals surface area contributed by atoms with Gasteiger partial charge in [0.25, 0.3) is 5.91 Å². The van der Waals surface area contributed by atoms with E-state index in [1.807, 2.05) is 47.9 Å². The third kappa shape index (κ3) is 5.68. The topological polar surface area (TPSA) is 73.4 Å². The van der Waals surface area contributed by atoms with Gasteiger partial charge in [0, 0.05) is 37.1 Å².